The van der Waals surface area contributed by atoms with Crippen LogP contribution in [0.25, 0.3) is 11.8 Å². The van der Waals surface area contributed by atoms with Gasteiger partial charge in [0.15, 0.2) is 0 Å². The van der Waals surface area contributed by atoms with E-state index in [1.165, 1.54) is 17.1 Å². The van der Waals surface area contributed by atoms with Gasteiger partial charge in [-0.2, -0.15) is 4.68 Å². The van der Waals surface area contributed by atoms with E-state index in [0.29, 0.717) is 23.5 Å². The molecule has 3 aromatic rings. The van der Waals surface area contributed by atoms with Crippen molar-refractivity contribution in [1.82, 2.24) is 20.2 Å². The van der Waals surface area contributed by atoms with Crippen LogP contribution in [0.2, 0.25) is 0 Å². The molecule has 3 rings (SSSR count). The van der Waals surface area contributed by atoms with Crippen molar-refractivity contribution in [3.63, 3.8) is 0 Å². The van der Waals surface area contributed by atoms with E-state index < -0.39 is 5.97 Å². The first-order valence-corrected chi connectivity index (χ1v) is 8.26. The predicted octanol–water partition coefficient (Wildman–Crippen LogP) is 2.49. The third-order valence-corrected chi connectivity index (χ3v) is 3.61. The summed E-state index contributed by atoms with van der Waals surface area (Å²) in [6.07, 6.45) is 4.44. The molecule has 0 spiro atoms. The lowest BCUT2D eigenvalue weighted by molar-refractivity contribution is -0.137. The molecule has 0 unspecified atom stereocenters. The minimum absolute atomic E-state index is 0.282. The number of esters is 1. The van der Waals surface area contributed by atoms with Crippen LogP contribution in [0, 0.1) is 0 Å². The van der Waals surface area contributed by atoms with Gasteiger partial charge in [0.25, 0.3) is 5.91 Å². The van der Waals surface area contributed by atoms with Crippen LogP contribution in [-0.2, 0) is 9.53 Å². The lowest BCUT2D eigenvalue weighted by Gasteiger charge is -2.09. The molecule has 1 amide bonds. The zero-order chi connectivity index (χ0) is 19.1. The number of carbonyl (C=O) groups excluding carboxylic acids is 2. The highest BCUT2D eigenvalue weighted by Gasteiger charge is 2.13. The van der Waals surface area contributed by atoms with Crippen molar-refractivity contribution < 1.29 is 14.3 Å². The summed E-state index contributed by atoms with van der Waals surface area (Å²) in [4.78, 5) is 24.0. The number of para-hydroxylation sites is 1. The van der Waals surface area contributed by atoms with Gasteiger partial charge in [-0.25, -0.2) is 4.79 Å². The van der Waals surface area contributed by atoms with Gasteiger partial charge in [0.1, 0.15) is 6.33 Å². The second-order valence-electron chi connectivity index (χ2n) is 5.43. The van der Waals surface area contributed by atoms with Gasteiger partial charge in [-0.05, 0) is 53.3 Å². The van der Waals surface area contributed by atoms with E-state index in [9.17, 15) is 9.59 Å². The van der Waals surface area contributed by atoms with E-state index in [1.807, 2.05) is 0 Å². The van der Waals surface area contributed by atoms with Crippen LogP contribution >= 0.6 is 0 Å². The van der Waals surface area contributed by atoms with Gasteiger partial charge >= 0.3 is 5.97 Å². The highest BCUT2D eigenvalue weighted by atomic mass is 16.5. The summed E-state index contributed by atoms with van der Waals surface area (Å²) in [6, 6.07) is 14.1. The first kappa shape index (κ1) is 18.0. The number of aromatic nitrogens is 4. The summed E-state index contributed by atoms with van der Waals surface area (Å²) < 4.78 is 6.26. The van der Waals surface area contributed by atoms with Gasteiger partial charge in [-0.3, -0.25) is 4.79 Å². The zero-order valence-corrected chi connectivity index (χ0v) is 14.6. The summed E-state index contributed by atoms with van der Waals surface area (Å²) in [6.45, 7) is 2.08. The van der Waals surface area contributed by atoms with Crippen LogP contribution in [0.5, 0.6) is 0 Å². The largest absolute Gasteiger partial charge is 0.463 e. The molecule has 0 atom stereocenters. The standard InChI is InChI=1S/C19H17N5O3/c1-2-27-18(25)12-9-14-7-10-15(11-8-14)21-19(26)16-5-3-4-6-17(16)24-13-20-22-23-24/h3-13H,2H2,1H3,(H,21,26). The number of nitrogens with zero attached hydrogens (tertiary/aromatic N) is 4. The van der Waals surface area contributed by atoms with E-state index in [0.717, 1.165) is 5.56 Å². The number of anilines is 1. The Morgan fingerprint density at radius 3 is 2.63 bits per heavy atom. The Bertz CT molecular complexity index is 950. The molecule has 0 radical (unpaired) electrons. The molecule has 1 heterocycles. The van der Waals surface area contributed by atoms with E-state index in [4.69, 9.17) is 4.74 Å². The molecule has 0 saturated heterocycles. The molecule has 8 nitrogen and oxygen atoms in total. The molecule has 0 bridgehead atoms. The summed E-state index contributed by atoms with van der Waals surface area (Å²) in [7, 11) is 0. The summed E-state index contributed by atoms with van der Waals surface area (Å²) in [5.74, 6) is -0.676. The number of nitrogens with one attached hydrogen (secondary N) is 1. The van der Waals surface area contributed by atoms with E-state index in [2.05, 4.69) is 20.8 Å². The van der Waals surface area contributed by atoms with Crippen LogP contribution in [0.4, 0.5) is 5.69 Å². The number of hydrogen-bond acceptors (Lipinski definition) is 6. The molecule has 1 N–H and O–H groups in total. The lowest BCUT2D eigenvalue weighted by atomic mass is 10.1. The third-order valence-electron chi connectivity index (χ3n) is 3.61. The van der Waals surface area contributed by atoms with Crippen LogP contribution in [0.3, 0.4) is 0 Å². The molecular weight excluding hydrogens is 346 g/mol. The quantitative estimate of drug-likeness (QED) is 0.534. The Labute approximate surface area is 155 Å². The van der Waals surface area contributed by atoms with E-state index in [-0.39, 0.29) is 5.91 Å². The van der Waals surface area contributed by atoms with Crippen LogP contribution < -0.4 is 5.32 Å². The van der Waals surface area contributed by atoms with E-state index in [1.54, 1.807) is 61.5 Å². The van der Waals surface area contributed by atoms with Gasteiger partial charge < -0.3 is 10.1 Å². The van der Waals surface area contributed by atoms with Crippen molar-refractivity contribution in [3.8, 4) is 5.69 Å². The average Bonchev–Trinajstić information content (AvgIpc) is 3.22. The highest BCUT2D eigenvalue weighted by Crippen LogP contribution is 2.16. The summed E-state index contributed by atoms with van der Waals surface area (Å²) in [5, 5.41) is 13.9. The van der Waals surface area contributed by atoms with Gasteiger partial charge in [-0.1, -0.05) is 24.3 Å². The Balaban J connectivity index is 1.71. The molecule has 0 fully saturated rings. The molecule has 136 valence electrons. The third kappa shape index (κ3) is 4.63. The second-order valence-corrected chi connectivity index (χ2v) is 5.43. The fourth-order valence-corrected chi connectivity index (χ4v) is 2.37. The topological polar surface area (TPSA) is 99.0 Å². The zero-order valence-electron chi connectivity index (χ0n) is 14.6. The number of tetrazole rings is 1. The molecule has 0 aliphatic heterocycles. The fourth-order valence-electron chi connectivity index (χ4n) is 2.37. The van der Waals surface area contributed by atoms with Gasteiger partial charge in [-0.15, -0.1) is 5.10 Å². The van der Waals surface area contributed by atoms with Crippen molar-refractivity contribution in [2.24, 2.45) is 0 Å². The first-order chi connectivity index (χ1) is 13.2. The Morgan fingerprint density at radius 1 is 1.15 bits per heavy atom. The maximum absolute atomic E-state index is 12.6. The smallest absolute Gasteiger partial charge is 0.330 e. The van der Waals surface area contributed by atoms with Crippen molar-refractivity contribution in [2.45, 2.75) is 6.92 Å². The predicted molar refractivity (Wildman–Crippen MR) is 99.2 cm³/mol. The Hall–Kier alpha value is -3.81. The molecule has 8 heteroatoms. The fraction of sp³-hybridized carbons (Fsp3) is 0.105. The van der Waals surface area contributed by atoms with E-state index >= 15 is 0 Å². The van der Waals surface area contributed by atoms with Crippen LogP contribution in [-0.4, -0.2) is 38.7 Å². The number of rotatable bonds is 6. The van der Waals surface area contributed by atoms with Crippen LogP contribution in [0.15, 0.2) is 60.9 Å². The van der Waals surface area contributed by atoms with Crippen molar-refractivity contribution in [1.29, 1.82) is 0 Å². The first-order valence-electron chi connectivity index (χ1n) is 8.26. The second kappa shape index (κ2) is 8.52. The van der Waals surface area contributed by atoms with Gasteiger partial charge in [0.2, 0.25) is 0 Å². The highest BCUT2D eigenvalue weighted by molar-refractivity contribution is 6.06. The number of ether oxygens (including phenoxy) is 1. The molecule has 0 aliphatic carbocycles. The number of benzene rings is 2. The Kier molecular flexibility index (Phi) is 5.68. The SMILES string of the molecule is CCOC(=O)C=Cc1ccc(NC(=O)c2ccccc2-n2cnnn2)cc1. The van der Waals surface area contributed by atoms with Gasteiger partial charge in [0, 0.05) is 11.8 Å². The summed E-state index contributed by atoms with van der Waals surface area (Å²) in [5.41, 5.74) is 2.46. The molecule has 27 heavy (non-hydrogen) atoms. The maximum atomic E-state index is 12.6. The van der Waals surface area contributed by atoms with Gasteiger partial charge in [0.05, 0.1) is 17.9 Å². The monoisotopic (exact) mass is 363 g/mol. The Morgan fingerprint density at radius 2 is 1.93 bits per heavy atom. The minimum Gasteiger partial charge on any atom is -0.463 e. The molecule has 2 aromatic carbocycles. The van der Waals surface area contributed by atoms with Crippen molar-refractivity contribution in [3.05, 3.63) is 72.1 Å². The molecule has 1 aromatic heterocycles. The molecule has 0 aliphatic rings. The van der Waals surface area contributed by atoms with Crippen molar-refractivity contribution >= 4 is 23.6 Å². The number of amides is 1. The number of hydrogen-bond donors (Lipinski definition) is 1. The lowest BCUT2D eigenvalue weighted by Crippen LogP contribution is -2.15. The molecule has 0 saturated carbocycles. The minimum atomic E-state index is -0.394. The van der Waals surface area contributed by atoms with Crippen molar-refractivity contribution in [2.75, 3.05) is 11.9 Å². The number of carbonyl (C=O) groups is 2. The van der Waals surface area contributed by atoms with Crippen LogP contribution in [0.1, 0.15) is 22.8 Å². The molecular formula is C19H17N5O3. The summed E-state index contributed by atoms with van der Waals surface area (Å²) >= 11 is 0. The normalized spacial score (nSPS) is 10.7. The average molecular weight is 363 g/mol. The maximum Gasteiger partial charge on any atom is 0.330 e.